The second-order valence-electron chi connectivity index (χ2n) is 9.87. The van der Waals surface area contributed by atoms with E-state index >= 15 is 0 Å². The van der Waals surface area contributed by atoms with Gasteiger partial charge >= 0.3 is 6.18 Å². The summed E-state index contributed by atoms with van der Waals surface area (Å²) in [7, 11) is 4.76. The van der Waals surface area contributed by atoms with E-state index in [1.807, 2.05) is 24.3 Å². The molecule has 1 aromatic carbocycles. The fourth-order valence-electron chi connectivity index (χ4n) is 5.09. The zero-order valence-electron chi connectivity index (χ0n) is 22.9. The third-order valence-electron chi connectivity index (χ3n) is 7.15. The molecule has 5 rings (SSSR count). The predicted molar refractivity (Wildman–Crippen MR) is 150 cm³/mol. The molecule has 3 heterocycles. The molecule has 0 spiro atoms. The molecule has 9 nitrogen and oxygen atoms in total. The molecule has 1 fully saturated rings. The van der Waals surface area contributed by atoms with E-state index in [9.17, 15) is 13.2 Å². The number of anilines is 1. The van der Waals surface area contributed by atoms with Crippen LogP contribution in [0.3, 0.4) is 0 Å². The average Bonchev–Trinajstić information content (AvgIpc) is 3.38. The zero-order chi connectivity index (χ0) is 29.0. The van der Waals surface area contributed by atoms with Gasteiger partial charge in [0.25, 0.3) is 5.88 Å². The molecule has 0 amide bonds. The zero-order valence-corrected chi connectivity index (χ0v) is 23.7. The van der Waals surface area contributed by atoms with Crippen molar-refractivity contribution in [3.63, 3.8) is 0 Å². The highest BCUT2D eigenvalue weighted by Crippen LogP contribution is 2.34. The van der Waals surface area contributed by atoms with E-state index in [4.69, 9.17) is 14.2 Å². The lowest BCUT2D eigenvalue weighted by Crippen LogP contribution is -2.47. The number of fused-ring (bicyclic) bond motifs is 1. The Morgan fingerprint density at radius 2 is 1.80 bits per heavy atom. The summed E-state index contributed by atoms with van der Waals surface area (Å²) in [6, 6.07) is 11.6. The van der Waals surface area contributed by atoms with Crippen molar-refractivity contribution in [2.24, 2.45) is 0 Å². The summed E-state index contributed by atoms with van der Waals surface area (Å²) in [5.41, 5.74) is 2.72. The topological polar surface area (TPSA) is 103 Å². The first-order chi connectivity index (χ1) is 19.8. The first kappa shape index (κ1) is 29.0. The lowest BCUT2D eigenvalue weighted by Gasteiger charge is -2.36. The molecule has 0 saturated heterocycles. The van der Waals surface area contributed by atoms with E-state index < -0.39 is 12.6 Å². The molecular weight excluding hydrogens is 557 g/mol. The second-order valence-corrected chi connectivity index (χ2v) is 11.0. The summed E-state index contributed by atoms with van der Waals surface area (Å²) in [6.07, 6.45) is -1.38. The lowest BCUT2D eigenvalue weighted by molar-refractivity contribution is -0.126. The van der Waals surface area contributed by atoms with Gasteiger partial charge in [0, 0.05) is 36.2 Å². The predicted octanol–water partition coefficient (Wildman–Crippen LogP) is 5.41. The minimum Gasteiger partial charge on any atom is -0.491 e. The van der Waals surface area contributed by atoms with Crippen LogP contribution in [0.4, 0.5) is 19.0 Å². The third-order valence-corrected chi connectivity index (χ3v) is 8.19. The summed E-state index contributed by atoms with van der Waals surface area (Å²) >= 11 is 1.04. The smallest absolute Gasteiger partial charge is 0.393 e. The molecule has 0 aliphatic heterocycles. The molecule has 1 aliphatic rings. The van der Waals surface area contributed by atoms with Gasteiger partial charge in [0.05, 0.1) is 43.9 Å². The molecule has 1 saturated carbocycles. The molecule has 3 atom stereocenters. The summed E-state index contributed by atoms with van der Waals surface area (Å²) in [5.74, 6) is 1.38. The Balaban J connectivity index is 1.23. The quantitative estimate of drug-likeness (QED) is 0.252. The van der Waals surface area contributed by atoms with Crippen LogP contribution in [0.5, 0.6) is 11.6 Å². The van der Waals surface area contributed by atoms with Crippen molar-refractivity contribution in [2.75, 3.05) is 26.6 Å². The standard InChI is InChI=1S/C28H31F3N6O3S/c1-38-23-9-8-18(10-22(23)35-25-20-11-19(13-28(29,30)31)41-27(20)34-15-33-25)32-14-16-4-6-17(7-5-16)21-12-24(39-2)26(40-3)37-36-21/h4-7,11-12,15,18,22-23,32H,8-10,13-14H2,1-3H3,(H,33,34,35)/t18-,22-,23-/m0/s1. The van der Waals surface area contributed by atoms with E-state index in [-0.39, 0.29) is 23.1 Å². The van der Waals surface area contributed by atoms with Gasteiger partial charge in [0.15, 0.2) is 5.75 Å². The van der Waals surface area contributed by atoms with Crippen molar-refractivity contribution in [3.05, 3.63) is 53.2 Å². The Morgan fingerprint density at radius 1 is 1.00 bits per heavy atom. The van der Waals surface area contributed by atoms with Crippen LogP contribution in [-0.4, -0.2) is 65.9 Å². The molecular formula is C28H31F3N6O3S. The summed E-state index contributed by atoms with van der Waals surface area (Å²) < 4.78 is 55.1. The van der Waals surface area contributed by atoms with Crippen LogP contribution in [0.1, 0.15) is 29.7 Å². The molecule has 0 unspecified atom stereocenters. The number of halogens is 3. The van der Waals surface area contributed by atoms with Gasteiger partial charge < -0.3 is 24.8 Å². The molecule has 0 bridgehead atoms. The number of rotatable bonds is 10. The first-order valence-corrected chi connectivity index (χ1v) is 14.0. The fraction of sp³-hybridized carbons (Fsp3) is 0.429. The molecule has 41 heavy (non-hydrogen) atoms. The van der Waals surface area contributed by atoms with Crippen LogP contribution in [-0.2, 0) is 17.7 Å². The van der Waals surface area contributed by atoms with Crippen molar-refractivity contribution >= 4 is 27.4 Å². The SMILES string of the molecule is COc1cc(-c2ccc(CN[C@H]3CC[C@H](OC)[C@@H](Nc4ncnc5sc(CC(F)(F)F)cc45)C3)cc2)nnc1OC. The highest BCUT2D eigenvalue weighted by atomic mass is 32.1. The number of nitrogens with one attached hydrogen (secondary N) is 2. The fourth-order valence-corrected chi connectivity index (χ4v) is 6.12. The van der Waals surface area contributed by atoms with Gasteiger partial charge in [-0.25, -0.2) is 9.97 Å². The van der Waals surface area contributed by atoms with E-state index in [0.717, 1.165) is 41.7 Å². The van der Waals surface area contributed by atoms with E-state index in [0.29, 0.717) is 39.9 Å². The molecule has 13 heteroatoms. The number of hydrogen-bond donors (Lipinski definition) is 2. The van der Waals surface area contributed by atoms with Gasteiger partial charge in [-0.1, -0.05) is 24.3 Å². The van der Waals surface area contributed by atoms with Crippen LogP contribution in [0, 0.1) is 0 Å². The second kappa shape index (κ2) is 12.5. The van der Waals surface area contributed by atoms with Crippen LogP contribution >= 0.6 is 11.3 Å². The number of hydrogen-bond acceptors (Lipinski definition) is 10. The van der Waals surface area contributed by atoms with E-state index in [1.165, 1.54) is 19.5 Å². The number of alkyl halides is 3. The van der Waals surface area contributed by atoms with Crippen molar-refractivity contribution in [1.29, 1.82) is 0 Å². The van der Waals surface area contributed by atoms with Crippen LogP contribution < -0.4 is 20.1 Å². The van der Waals surface area contributed by atoms with Gasteiger partial charge in [0.2, 0.25) is 0 Å². The highest BCUT2D eigenvalue weighted by molar-refractivity contribution is 7.18. The Morgan fingerprint density at radius 3 is 2.51 bits per heavy atom. The molecule has 0 radical (unpaired) electrons. The summed E-state index contributed by atoms with van der Waals surface area (Å²) in [5, 5.41) is 16.0. The van der Waals surface area contributed by atoms with Crippen molar-refractivity contribution in [2.45, 2.75) is 56.6 Å². The molecule has 218 valence electrons. The maximum absolute atomic E-state index is 12.9. The average molecular weight is 589 g/mol. The first-order valence-electron chi connectivity index (χ1n) is 13.1. The van der Waals surface area contributed by atoms with Gasteiger partial charge in [0.1, 0.15) is 17.0 Å². The number of methoxy groups -OCH3 is 3. The van der Waals surface area contributed by atoms with Gasteiger partial charge in [-0.05, 0) is 30.9 Å². The van der Waals surface area contributed by atoms with E-state index in [2.05, 4.69) is 30.8 Å². The Hall–Kier alpha value is -3.55. The van der Waals surface area contributed by atoms with Crippen LogP contribution in [0.2, 0.25) is 0 Å². The summed E-state index contributed by atoms with van der Waals surface area (Å²) in [4.78, 5) is 9.28. The minimum atomic E-state index is -4.27. The monoisotopic (exact) mass is 588 g/mol. The Kier molecular flexibility index (Phi) is 8.85. The largest absolute Gasteiger partial charge is 0.491 e. The third kappa shape index (κ3) is 7.03. The van der Waals surface area contributed by atoms with Crippen molar-refractivity contribution < 1.29 is 27.4 Å². The van der Waals surface area contributed by atoms with Crippen molar-refractivity contribution in [1.82, 2.24) is 25.5 Å². The normalized spacial score (nSPS) is 19.3. The maximum Gasteiger partial charge on any atom is 0.393 e. The summed E-state index contributed by atoms with van der Waals surface area (Å²) in [6.45, 7) is 0.677. The highest BCUT2D eigenvalue weighted by Gasteiger charge is 2.32. The van der Waals surface area contributed by atoms with E-state index in [1.54, 1.807) is 20.3 Å². The molecule has 2 N–H and O–H groups in total. The molecule has 4 aromatic rings. The maximum atomic E-state index is 12.9. The Labute approximate surface area is 239 Å². The minimum absolute atomic E-state index is 0.0479. The number of thiophene rings is 1. The van der Waals surface area contributed by atoms with Crippen LogP contribution in [0.15, 0.2) is 42.7 Å². The molecule has 1 aliphatic carbocycles. The Bertz CT molecular complexity index is 1470. The number of benzene rings is 1. The van der Waals surface area contributed by atoms with Crippen LogP contribution in [0.25, 0.3) is 21.5 Å². The lowest BCUT2D eigenvalue weighted by atomic mass is 9.88. The van der Waals surface area contributed by atoms with Crippen molar-refractivity contribution in [3.8, 4) is 22.9 Å². The number of ether oxygens (including phenoxy) is 3. The van der Waals surface area contributed by atoms with Gasteiger partial charge in [-0.2, -0.15) is 13.2 Å². The number of aromatic nitrogens is 4. The van der Waals surface area contributed by atoms with Gasteiger partial charge in [-0.15, -0.1) is 21.5 Å². The molecule has 3 aromatic heterocycles. The number of nitrogens with zero attached hydrogens (tertiary/aromatic N) is 4. The van der Waals surface area contributed by atoms with Gasteiger partial charge in [-0.3, -0.25) is 0 Å².